The molecule has 10 heteroatoms. The minimum Gasteiger partial charge on any atom is -0.368 e. The third-order valence-electron chi connectivity index (χ3n) is 6.64. The number of hydrogen-bond donors (Lipinski definition) is 1. The molecule has 2 aromatic heterocycles. The molecule has 1 fully saturated rings. The molecule has 1 N–H and O–H groups in total. The van der Waals surface area contributed by atoms with E-state index in [0.717, 1.165) is 18.7 Å². The molecule has 1 amide bonds. The molecule has 0 aliphatic carbocycles. The van der Waals surface area contributed by atoms with Gasteiger partial charge in [-0.3, -0.25) is 4.79 Å². The summed E-state index contributed by atoms with van der Waals surface area (Å²) in [5.41, 5.74) is 0.386. The molecule has 1 aliphatic heterocycles. The molecular formula is C26H25F3N6O. The number of likely N-dealkylation sites (tertiary alicyclic amines) is 1. The summed E-state index contributed by atoms with van der Waals surface area (Å²) in [5, 5.41) is 12.5. The molecule has 3 atom stereocenters. The number of carbonyl (C=O) groups is 1. The number of carbonyl (C=O) groups excluding carboxylic acids is 1. The molecule has 0 radical (unpaired) electrons. The van der Waals surface area contributed by atoms with E-state index in [0.29, 0.717) is 41.3 Å². The van der Waals surface area contributed by atoms with Crippen LogP contribution in [0.25, 0.3) is 11.4 Å². The Morgan fingerprint density at radius 2 is 1.89 bits per heavy atom. The number of nitrogens with zero attached hydrogens (tertiary/aromatic N) is 5. The average Bonchev–Trinajstić information content (AvgIpc) is 2.89. The Morgan fingerprint density at radius 1 is 1.14 bits per heavy atom. The van der Waals surface area contributed by atoms with Crippen molar-refractivity contribution in [3.8, 4) is 17.5 Å². The van der Waals surface area contributed by atoms with Gasteiger partial charge in [0.15, 0.2) is 5.82 Å². The van der Waals surface area contributed by atoms with Gasteiger partial charge in [-0.25, -0.2) is 15.0 Å². The smallest absolute Gasteiger partial charge is 0.368 e. The summed E-state index contributed by atoms with van der Waals surface area (Å²) in [6.07, 6.45) is 1.11. The van der Waals surface area contributed by atoms with E-state index in [2.05, 4.69) is 33.3 Å². The van der Waals surface area contributed by atoms with Crippen molar-refractivity contribution < 1.29 is 18.0 Å². The molecule has 36 heavy (non-hydrogen) atoms. The van der Waals surface area contributed by atoms with E-state index in [1.165, 1.54) is 6.07 Å². The molecule has 0 saturated carbocycles. The fourth-order valence-electron chi connectivity index (χ4n) is 4.44. The van der Waals surface area contributed by atoms with Gasteiger partial charge in [-0.15, -0.1) is 0 Å². The predicted octanol–water partition coefficient (Wildman–Crippen LogP) is 5.17. The molecule has 1 unspecified atom stereocenters. The summed E-state index contributed by atoms with van der Waals surface area (Å²) in [7, 11) is 0. The summed E-state index contributed by atoms with van der Waals surface area (Å²) < 4.78 is 38.6. The van der Waals surface area contributed by atoms with E-state index in [9.17, 15) is 23.2 Å². The highest BCUT2D eigenvalue weighted by Crippen LogP contribution is 2.32. The normalized spacial score (nSPS) is 20.0. The topological polar surface area (TPSA) is 94.8 Å². The number of anilines is 1. The zero-order chi connectivity index (χ0) is 25.9. The van der Waals surface area contributed by atoms with Crippen LogP contribution >= 0.6 is 0 Å². The maximum absolute atomic E-state index is 14.0. The Hall–Kier alpha value is -4.00. The Labute approximate surface area is 207 Å². The van der Waals surface area contributed by atoms with E-state index < -0.39 is 11.7 Å². The molecule has 1 aliphatic rings. The van der Waals surface area contributed by atoms with Crippen LogP contribution in [0.15, 0.2) is 55.0 Å². The third-order valence-corrected chi connectivity index (χ3v) is 6.64. The number of alkyl halides is 3. The van der Waals surface area contributed by atoms with Crippen LogP contribution in [0.3, 0.4) is 0 Å². The lowest BCUT2D eigenvalue weighted by Crippen LogP contribution is -2.54. The number of aromatic nitrogens is 3. The van der Waals surface area contributed by atoms with Crippen LogP contribution in [0, 0.1) is 17.2 Å². The van der Waals surface area contributed by atoms with Gasteiger partial charge in [-0.2, -0.15) is 18.4 Å². The molecular weight excluding hydrogens is 469 g/mol. The number of hydrogen-bond acceptors (Lipinski definition) is 6. The summed E-state index contributed by atoms with van der Waals surface area (Å²) in [5.74, 6) is 0.670. The summed E-state index contributed by atoms with van der Waals surface area (Å²) in [4.78, 5) is 28.2. The maximum atomic E-state index is 14.0. The lowest BCUT2D eigenvalue weighted by Gasteiger charge is -2.44. The quantitative estimate of drug-likeness (QED) is 0.526. The van der Waals surface area contributed by atoms with Crippen LogP contribution in [0.5, 0.6) is 0 Å². The van der Waals surface area contributed by atoms with Gasteiger partial charge in [0.1, 0.15) is 5.82 Å². The predicted molar refractivity (Wildman–Crippen MR) is 128 cm³/mol. The van der Waals surface area contributed by atoms with Crippen molar-refractivity contribution in [1.82, 2.24) is 19.9 Å². The standard InChI is InChI=1S/C26H25F3N6O/c1-16-4-7-20(15-34-23-9-6-19(14-33-23)26(27,28)29)35(17(16)2)25(36)22-12-18(13-30)5-8-21(22)24-31-10-3-11-32-24/h3,5-6,8-12,14,16-17,20H,4,7,15H2,1-2H3,(H,33,34)/t16-,17?,20-/m0/s1. The Balaban J connectivity index is 1.63. The number of amides is 1. The Bertz CT molecular complexity index is 1260. The largest absolute Gasteiger partial charge is 0.417 e. The lowest BCUT2D eigenvalue weighted by atomic mass is 9.86. The first-order chi connectivity index (χ1) is 17.2. The zero-order valence-corrected chi connectivity index (χ0v) is 19.8. The number of halogens is 3. The molecule has 7 nitrogen and oxygen atoms in total. The van der Waals surface area contributed by atoms with Crippen LogP contribution in [-0.2, 0) is 6.18 Å². The number of pyridine rings is 1. The van der Waals surface area contributed by atoms with Crippen molar-refractivity contribution in [1.29, 1.82) is 5.26 Å². The number of nitriles is 1. The second-order valence-corrected chi connectivity index (χ2v) is 8.92. The highest BCUT2D eigenvalue weighted by atomic mass is 19.4. The van der Waals surface area contributed by atoms with Gasteiger partial charge in [0.05, 0.1) is 22.8 Å². The van der Waals surface area contributed by atoms with Gasteiger partial charge >= 0.3 is 6.18 Å². The van der Waals surface area contributed by atoms with Crippen molar-refractivity contribution >= 4 is 11.7 Å². The van der Waals surface area contributed by atoms with Crippen molar-refractivity contribution in [3.05, 3.63) is 71.7 Å². The molecule has 1 saturated heterocycles. The van der Waals surface area contributed by atoms with Crippen LogP contribution in [-0.4, -0.2) is 44.4 Å². The fourth-order valence-corrected chi connectivity index (χ4v) is 4.44. The first kappa shape index (κ1) is 25.1. The van der Waals surface area contributed by atoms with E-state index in [4.69, 9.17) is 0 Å². The summed E-state index contributed by atoms with van der Waals surface area (Å²) in [6, 6.07) is 10.5. The first-order valence-electron chi connectivity index (χ1n) is 11.6. The Kier molecular flexibility index (Phi) is 7.20. The summed E-state index contributed by atoms with van der Waals surface area (Å²) >= 11 is 0. The second-order valence-electron chi connectivity index (χ2n) is 8.92. The van der Waals surface area contributed by atoms with E-state index in [1.54, 1.807) is 41.6 Å². The zero-order valence-electron chi connectivity index (χ0n) is 19.8. The third kappa shape index (κ3) is 5.30. The lowest BCUT2D eigenvalue weighted by molar-refractivity contribution is -0.137. The highest BCUT2D eigenvalue weighted by Gasteiger charge is 2.37. The molecule has 0 spiro atoms. The van der Waals surface area contributed by atoms with Gasteiger partial charge in [0, 0.05) is 42.8 Å². The van der Waals surface area contributed by atoms with Crippen molar-refractivity contribution in [2.24, 2.45) is 5.92 Å². The van der Waals surface area contributed by atoms with E-state index >= 15 is 0 Å². The molecule has 0 bridgehead atoms. The fraction of sp³-hybridized carbons (Fsp3) is 0.346. The monoisotopic (exact) mass is 494 g/mol. The van der Waals surface area contributed by atoms with Gasteiger partial charge < -0.3 is 10.2 Å². The molecule has 186 valence electrons. The molecule has 3 heterocycles. The number of benzene rings is 1. The van der Waals surface area contributed by atoms with Crippen molar-refractivity contribution in [3.63, 3.8) is 0 Å². The van der Waals surface area contributed by atoms with Gasteiger partial charge in [-0.1, -0.05) is 6.92 Å². The minimum atomic E-state index is -4.46. The maximum Gasteiger partial charge on any atom is 0.417 e. The van der Waals surface area contributed by atoms with Gasteiger partial charge in [0.25, 0.3) is 5.91 Å². The van der Waals surface area contributed by atoms with Gasteiger partial charge in [-0.05, 0) is 62.1 Å². The average molecular weight is 495 g/mol. The van der Waals surface area contributed by atoms with Crippen LogP contribution in [0.1, 0.15) is 48.2 Å². The highest BCUT2D eigenvalue weighted by molar-refractivity contribution is 6.01. The number of piperidine rings is 1. The second kappa shape index (κ2) is 10.3. The van der Waals surface area contributed by atoms with Crippen molar-refractivity contribution in [2.75, 3.05) is 11.9 Å². The number of rotatable bonds is 5. The Morgan fingerprint density at radius 3 is 2.53 bits per heavy atom. The van der Waals surface area contributed by atoms with Gasteiger partial charge in [0.2, 0.25) is 0 Å². The van der Waals surface area contributed by atoms with Crippen LogP contribution in [0.2, 0.25) is 0 Å². The van der Waals surface area contributed by atoms with E-state index in [1.807, 2.05) is 6.92 Å². The SMILES string of the molecule is CC1[C@@H](C)CC[C@@H](CNc2ccc(C(F)(F)F)cn2)N1C(=O)c1cc(C#N)ccc1-c1ncccn1. The minimum absolute atomic E-state index is 0.103. The molecule has 3 aromatic rings. The summed E-state index contributed by atoms with van der Waals surface area (Å²) in [6.45, 7) is 4.38. The van der Waals surface area contributed by atoms with Crippen LogP contribution < -0.4 is 5.32 Å². The first-order valence-corrected chi connectivity index (χ1v) is 11.6. The molecule has 4 rings (SSSR count). The molecule has 1 aromatic carbocycles. The van der Waals surface area contributed by atoms with Crippen LogP contribution in [0.4, 0.5) is 19.0 Å². The van der Waals surface area contributed by atoms with Crippen molar-refractivity contribution in [2.45, 2.75) is 44.9 Å². The van der Waals surface area contributed by atoms with E-state index in [-0.39, 0.29) is 23.9 Å². The number of nitrogens with one attached hydrogen (secondary N) is 1.